The van der Waals surface area contributed by atoms with E-state index in [0.29, 0.717) is 17.0 Å². The number of carbonyl (C=O) groups is 2. The van der Waals surface area contributed by atoms with Crippen LogP contribution in [0.4, 0.5) is 0 Å². The predicted octanol–water partition coefficient (Wildman–Crippen LogP) is 2.94. The van der Waals surface area contributed by atoms with Gasteiger partial charge in [0, 0.05) is 18.7 Å². The summed E-state index contributed by atoms with van der Waals surface area (Å²) in [7, 11) is 0. The van der Waals surface area contributed by atoms with Crippen LogP contribution >= 0.6 is 0 Å². The van der Waals surface area contributed by atoms with Gasteiger partial charge in [-0.05, 0) is 19.8 Å². The van der Waals surface area contributed by atoms with Gasteiger partial charge in [0.15, 0.2) is 11.9 Å². The number of carbonyl (C=O) groups excluding carboxylic acids is 2. The molecule has 140 valence electrons. The van der Waals surface area contributed by atoms with Crippen molar-refractivity contribution in [3.05, 3.63) is 41.7 Å². The monoisotopic (exact) mass is 368 g/mol. The third kappa shape index (κ3) is 3.14. The molecule has 1 aromatic carbocycles. The minimum Gasteiger partial charge on any atom is -0.433 e. The Bertz CT molecular complexity index is 913. The summed E-state index contributed by atoms with van der Waals surface area (Å²) in [6.07, 6.45) is 2.93. The molecular weight excluding hydrogens is 348 g/mol. The summed E-state index contributed by atoms with van der Waals surface area (Å²) in [5.41, 5.74) is 2.89. The molecule has 0 amide bonds. The first-order valence-corrected chi connectivity index (χ1v) is 9.02. The lowest BCUT2D eigenvalue weighted by molar-refractivity contribution is -0.170. The Balaban J connectivity index is 1.83. The van der Waals surface area contributed by atoms with E-state index >= 15 is 0 Å². The second kappa shape index (κ2) is 7.00. The lowest BCUT2D eigenvalue weighted by atomic mass is 10.0. The molecule has 2 aromatic rings. The van der Waals surface area contributed by atoms with Gasteiger partial charge in [-0.2, -0.15) is 0 Å². The van der Waals surface area contributed by atoms with Crippen LogP contribution in [0.1, 0.15) is 31.1 Å². The van der Waals surface area contributed by atoms with Crippen LogP contribution < -0.4 is 4.74 Å². The molecule has 0 fully saturated rings. The standard InChI is InChI=1S/C20H20N2O5/c1-3-10-22-11-4-5-14-16-17(25-19(23)20(24)26-18(14)22)15(21-27-16)13-8-6-12(2)7-9-13/h5-9,18H,3-4,10-11H2,1-2H3. The Hall–Kier alpha value is -2.93. The average molecular weight is 368 g/mol. The van der Waals surface area contributed by atoms with Gasteiger partial charge in [-0.1, -0.05) is 48.0 Å². The highest BCUT2D eigenvalue weighted by molar-refractivity contribution is 6.30. The van der Waals surface area contributed by atoms with Crippen LogP contribution in [0.3, 0.4) is 0 Å². The summed E-state index contributed by atoms with van der Waals surface area (Å²) in [5.74, 6) is -1.60. The molecule has 0 radical (unpaired) electrons. The Morgan fingerprint density at radius 2 is 1.96 bits per heavy atom. The van der Waals surface area contributed by atoms with Gasteiger partial charge in [0.2, 0.25) is 11.5 Å². The van der Waals surface area contributed by atoms with Gasteiger partial charge in [0.25, 0.3) is 0 Å². The molecule has 0 bridgehead atoms. The largest absolute Gasteiger partial charge is 0.433 e. The van der Waals surface area contributed by atoms with Crippen molar-refractivity contribution in [3.63, 3.8) is 0 Å². The number of esters is 2. The lowest BCUT2D eigenvalue weighted by Crippen LogP contribution is -2.45. The van der Waals surface area contributed by atoms with Crippen molar-refractivity contribution >= 4 is 17.5 Å². The van der Waals surface area contributed by atoms with Crippen molar-refractivity contribution in [1.82, 2.24) is 10.1 Å². The van der Waals surface area contributed by atoms with Gasteiger partial charge in [0.05, 0.1) is 5.57 Å². The molecule has 0 spiro atoms. The third-order valence-corrected chi connectivity index (χ3v) is 4.71. The van der Waals surface area contributed by atoms with Crippen molar-refractivity contribution < 1.29 is 23.6 Å². The maximum atomic E-state index is 12.2. The number of nitrogens with zero attached hydrogens (tertiary/aromatic N) is 2. The zero-order chi connectivity index (χ0) is 19.0. The van der Waals surface area contributed by atoms with Crippen molar-refractivity contribution in [2.75, 3.05) is 13.1 Å². The highest BCUT2D eigenvalue weighted by Crippen LogP contribution is 2.41. The molecule has 1 aromatic heterocycles. The van der Waals surface area contributed by atoms with Crippen LogP contribution in [0.5, 0.6) is 5.75 Å². The molecule has 0 N–H and O–H groups in total. The number of hydrogen-bond acceptors (Lipinski definition) is 7. The van der Waals surface area contributed by atoms with Crippen molar-refractivity contribution in [2.24, 2.45) is 0 Å². The SMILES string of the molecule is CCCN1CCC=C2c3onc(-c4ccc(C)cc4)c3OC(=O)C(=O)OC21. The molecule has 2 aliphatic heterocycles. The number of hydrogen-bond donors (Lipinski definition) is 0. The number of aryl methyl sites for hydroxylation is 1. The fourth-order valence-electron chi connectivity index (χ4n) is 3.40. The molecular formula is C20H20N2O5. The van der Waals surface area contributed by atoms with Crippen LogP contribution in [-0.2, 0) is 14.3 Å². The van der Waals surface area contributed by atoms with E-state index in [1.807, 2.05) is 49.1 Å². The van der Waals surface area contributed by atoms with Crippen molar-refractivity contribution in [2.45, 2.75) is 32.9 Å². The minimum absolute atomic E-state index is 0.162. The second-order valence-corrected chi connectivity index (χ2v) is 6.69. The molecule has 1 unspecified atom stereocenters. The third-order valence-electron chi connectivity index (χ3n) is 4.71. The highest BCUT2D eigenvalue weighted by Gasteiger charge is 2.40. The molecule has 0 saturated heterocycles. The van der Waals surface area contributed by atoms with E-state index in [2.05, 4.69) is 5.16 Å². The first-order valence-electron chi connectivity index (χ1n) is 9.02. The average Bonchev–Trinajstić information content (AvgIpc) is 3.06. The Morgan fingerprint density at radius 1 is 1.19 bits per heavy atom. The number of rotatable bonds is 3. The summed E-state index contributed by atoms with van der Waals surface area (Å²) >= 11 is 0. The highest BCUT2D eigenvalue weighted by atomic mass is 16.6. The van der Waals surface area contributed by atoms with Crippen LogP contribution in [0.15, 0.2) is 34.9 Å². The number of fused-ring (bicyclic) bond motifs is 3. The molecule has 7 heteroatoms. The fraction of sp³-hybridized carbons (Fsp3) is 0.350. The van der Waals surface area contributed by atoms with E-state index < -0.39 is 18.2 Å². The Morgan fingerprint density at radius 3 is 2.70 bits per heavy atom. The minimum atomic E-state index is -1.08. The van der Waals surface area contributed by atoms with Crippen LogP contribution in [-0.4, -0.2) is 41.3 Å². The molecule has 27 heavy (non-hydrogen) atoms. The molecule has 7 nitrogen and oxygen atoms in total. The van der Waals surface area contributed by atoms with Gasteiger partial charge in [-0.15, -0.1) is 0 Å². The maximum absolute atomic E-state index is 12.2. The van der Waals surface area contributed by atoms with Gasteiger partial charge in [-0.3, -0.25) is 4.90 Å². The molecule has 2 aliphatic rings. The van der Waals surface area contributed by atoms with E-state index in [0.717, 1.165) is 37.1 Å². The van der Waals surface area contributed by atoms with E-state index in [4.69, 9.17) is 14.0 Å². The van der Waals surface area contributed by atoms with Crippen LogP contribution in [0, 0.1) is 6.92 Å². The summed E-state index contributed by atoms with van der Waals surface area (Å²) in [6.45, 7) is 5.50. The fourth-order valence-corrected chi connectivity index (χ4v) is 3.40. The number of aromatic nitrogens is 1. The smallest absolute Gasteiger partial charge is 0.423 e. The van der Waals surface area contributed by atoms with Gasteiger partial charge < -0.3 is 14.0 Å². The maximum Gasteiger partial charge on any atom is 0.423 e. The normalized spacial score (nSPS) is 19.9. The summed E-state index contributed by atoms with van der Waals surface area (Å²) in [6, 6.07) is 7.60. The Labute approximate surface area is 156 Å². The van der Waals surface area contributed by atoms with Crippen molar-refractivity contribution in [3.8, 4) is 17.0 Å². The molecule has 1 atom stereocenters. The zero-order valence-electron chi connectivity index (χ0n) is 15.2. The summed E-state index contributed by atoms with van der Waals surface area (Å²) < 4.78 is 16.3. The van der Waals surface area contributed by atoms with E-state index in [1.165, 1.54) is 0 Å². The Kier molecular flexibility index (Phi) is 4.53. The first-order chi connectivity index (χ1) is 13.1. The number of benzene rings is 1. The van der Waals surface area contributed by atoms with Gasteiger partial charge in [-0.25, -0.2) is 9.59 Å². The van der Waals surface area contributed by atoms with E-state index in [-0.39, 0.29) is 5.75 Å². The first kappa shape index (κ1) is 17.5. The summed E-state index contributed by atoms with van der Waals surface area (Å²) in [5, 5.41) is 4.12. The number of ether oxygens (including phenoxy) is 2. The van der Waals surface area contributed by atoms with Crippen molar-refractivity contribution in [1.29, 1.82) is 0 Å². The summed E-state index contributed by atoms with van der Waals surface area (Å²) in [4.78, 5) is 26.4. The van der Waals surface area contributed by atoms with Crippen LogP contribution in [0.25, 0.3) is 16.8 Å². The van der Waals surface area contributed by atoms with Gasteiger partial charge in [0.1, 0.15) is 0 Å². The topological polar surface area (TPSA) is 81.9 Å². The second-order valence-electron chi connectivity index (χ2n) is 6.69. The zero-order valence-corrected chi connectivity index (χ0v) is 15.2. The predicted molar refractivity (Wildman–Crippen MR) is 96.6 cm³/mol. The van der Waals surface area contributed by atoms with E-state index in [9.17, 15) is 9.59 Å². The van der Waals surface area contributed by atoms with E-state index in [1.54, 1.807) is 0 Å². The molecule has 4 rings (SSSR count). The molecule has 0 aliphatic carbocycles. The lowest BCUT2D eigenvalue weighted by Gasteiger charge is -2.35. The quantitative estimate of drug-likeness (QED) is 0.608. The van der Waals surface area contributed by atoms with Crippen LogP contribution in [0.2, 0.25) is 0 Å². The molecule has 3 heterocycles. The molecule has 0 saturated carbocycles. The van der Waals surface area contributed by atoms with Gasteiger partial charge >= 0.3 is 11.9 Å².